The molecule has 108 valence electrons. The molecule has 0 spiro atoms. The highest BCUT2D eigenvalue weighted by Crippen LogP contribution is 2.04. The first kappa shape index (κ1) is 15.7. The van der Waals surface area contributed by atoms with Crippen molar-refractivity contribution in [2.45, 2.75) is 19.8 Å². The van der Waals surface area contributed by atoms with Gasteiger partial charge in [-0.2, -0.15) is 0 Å². The minimum absolute atomic E-state index is 0.103. The third-order valence-electron chi connectivity index (χ3n) is 2.60. The van der Waals surface area contributed by atoms with Gasteiger partial charge in [0.25, 0.3) is 5.91 Å². The van der Waals surface area contributed by atoms with Crippen LogP contribution in [0.5, 0.6) is 0 Å². The van der Waals surface area contributed by atoms with Crippen LogP contribution in [0.4, 0.5) is 0 Å². The summed E-state index contributed by atoms with van der Waals surface area (Å²) in [5.74, 6) is -1.47. The maximum Gasteiger partial charge on any atom is 0.335 e. The summed E-state index contributed by atoms with van der Waals surface area (Å²) < 4.78 is 0. The van der Waals surface area contributed by atoms with Gasteiger partial charge in [0.15, 0.2) is 0 Å². The van der Waals surface area contributed by atoms with Crippen LogP contribution in [0.25, 0.3) is 0 Å². The van der Waals surface area contributed by atoms with Gasteiger partial charge in [-0.15, -0.1) is 0 Å². The van der Waals surface area contributed by atoms with E-state index in [0.29, 0.717) is 12.1 Å². The zero-order chi connectivity index (χ0) is 15.0. The predicted octanol–water partition coefficient (Wildman–Crippen LogP) is 1.03. The molecule has 0 radical (unpaired) electrons. The molecule has 0 atom stereocenters. The Kier molecular flexibility index (Phi) is 6.22. The number of hydrogen-bond donors (Lipinski definition) is 3. The number of amides is 2. The van der Waals surface area contributed by atoms with Crippen LogP contribution in [0.2, 0.25) is 0 Å². The maximum absolute atomic E-state index is 11.7. The molecular formula is C14H18N2O4. The first-order valence-electron chi connectivity index (χ1n) is 6.43. The van der Waals surface area contributed by atoms with Crippen LogP contribution in [0.15, 0.2) is 24.3 Å². The van der Waals surface area contributed by atoms with Crippen LogP contribution < -0.4 is 10.6 Å². The van der Waals surface area contributed by atoms with Gasteiger partial charge in [0.2, 0.25) is 5.91 Å². The van der Waals surface area contributed by atoms with E-state index >= 15 is 0 Å². The minimum atomic E-state index is -1.04. The van der Waals surface area contributed by atoms with Gasteiger partial charge in [-0.05, 0) is 30.7 Å². The van der Waals surface area contributed by atoms with Gasteiger partial charge in [0.05, 0.1) is 5.56 Å². The summed E-state index contributed by atoms with van der Waals surface area (Å²) in [4.78, 5) is 33.7. The molecule has 0 fully saturated rings. The molecule has 0 saturated carbocycles. The molecule has 0 aliphatic heterocycles. The topological polar surface area (TPSA) is 95.5 Å². The third kappa shape index (κ3) is 5.09. The van der Waals surface area contributed by atoms with E-state index in [4.69, 9.17) is 5.11 Å². The van der Waals surface area contributed by atoms with Gasteiger partial charge in [-0.1, -0.05) is 6.92 Å². The van der Waals surface area contributed by atoms with Crippen LogP contribution in [-0.4, -0.2) is 36.0 Å². The molecule has 1 rings (SSSR count). The molecule has 20 heavy (non-hydrogen) atoms. The summed E-state index contributed by atoms with van der Waals surface area (Å²) in [6, 6.07) is 5.61. The fraction of sp³-hybridized carbons (Fsp3) is 0.357. The molecular weight excluding hydrogens is 260 g/mol. The van der Waals surface area contributed by atoms with E-state index in [0.717, 1.165) is 6.42 Å². The average molecular weight is 278 g/mol. The number of benzene rings is 1. The quantitative estimate of drug-likeness (QED) is 0.694. The van der Waals surface area contributed by atoms with Gasteiger partial charge < -0.3 is 15.7 Å². The molecule has 0 aliphatic carbocycles. The highest BCUT2D eigenvalue weighted by molar-refractivity contribution is 5.96. The molecule has 1 aromatic rings. The van der Waals surface area contributed by atoms with Crippen molar-refractivity contribution in [3.63, 3.8) is 0 Å². The summed E-state index contributed by atoms with van der Waals surface area (Å²) in [5, 5.41) is 14.1. The van der Waals surface area contributed by atoms with Crippen molar-refractivity contribution in [2.75, 3.05) is 13.1 Å². The Balaban J connectivity index is 2.39. The van der Waals surface area contributed by atoms with Crippen LogP contribution in [-0.2, 0) is 4.79 Å². The summed E-state index contributed by atoms with van der Waals surface area (Å²) in [6.45, 7) is 2.83. The molecule has 0 heterocycles. The van der Waals surface area contributed by atoms with E-state index in [9.17, 15) is 14.4 Å². The van der Waals surface area contributed by atoms with E-state index < -0.39 is 5.97 Å². The van der Waals surface area contributed by atoms with Crippen molar-refractivity contribution >= 4 is 17.8 Å². The Hall–Kier alpha value is -2.37. The second-order valence-corrected chi connectivity index (χ2v) is 4.24. The second kappa shape index (κ2) is 7.93. The van der Waals surface area contributed by atoms with Crippen molar-refractivity contribution < 1.29 is 19.5 Å². The number of carboxylic acid groups (broad SMARTS) is 1. The zero-order valence-corrected chi connectivity index (χ0v) is 11.3. The third-order valence-corrected chi connectivity index (χ3v) is 2.60. The normalized spacial score (nSPS) is 9.85. The SMILES string of the molecule is CCCNC(=O)CCNC(=O)c1ccc(C(=O)O)cc1. The average Bonchev–Trinajstić information content (AvgIpc) is 2.45. The van der Waals surface area contributed by atoms with Crippen molar-refractivity contribution in [2.24, 2.45) is 0 Å². The van der Waals surface area contributed by atoms with Gasteiger partial charge in [-0.3, -0.25) is 9.59 Å². The lowest BCUT2D eigenvalue weighted by molar-refractivity contribution is -0.120. The molecule has 0 aromatic heterocycles. The largest absolute Gasteiger partial charge is 0.478 e. The zero-order valence-electron chi connectivity index (χ0n) is 11.3. The van der Waals surface area contributed by atoms with Crippen LogP contribution >= 0.6 is 0 Å². The molecule has 0 saturated heterocycles. The first-order valence-corrected chi connectivity index (χ1v) is 6.43. The molecule has 0 unspecified atom stereocenters. The van der Waals surface area contributed by atoms with Gasteiger partial charge in [0, 0.05) is 25.1 Å². The lowest BCUT2D eigenvalue weighted by Crippen LogP contribution is -2.31. The molecule has 0 bridgehead atoms. The van der Waals surface area contributed by atoms with Gasteiger partial charge in [0.1, 0.15) is 0 Å². The Bertz CT molecular complexity index is 482. The molecule has 0 aliphatic rings. The van der Waals surface area contributed by atoms with Crippen molar-refractivity contribution in [1.29, 1.82) is 0 Å². The number of rotatable bonds is 7. The lowest BCUT2D eigenvalue weighted by Gasteiger charge is -2.06. The molecule has 6 heteroatoms. The Morgan fingerprint density at radius 3 is 2.15 bits per heavy atom. The van der Waals surface area contributed by atoms with Crippen molar-refractivity contribution in [3.8, 4) is 0 Å². The number of carboxylic acids is 1. The number of aromatic carboxylic acids is 1. The fourth-order valence-electron chi connectivity index (χ4n) is 1.51. The number of carbonyl (C=O) groups is 3. The van der Waals surface area contributed by atoms with Crippen LogP contribution in [0, 0.1) is 0 Å². The highest BCUT2D eigenvalue weighted by atomic mass is 16.4. The maximum atomic E-state index is 11.7. The van der Waals surface area contributed by atoms with Gasteiger partial charge in [-0.25, -0.2) is 4.79 Å². The first-order chi connectivity index (χ1) is 9.54. The van der Waals surface area contributed by atoms with Crippen molar-refractivity contribution in [1.82, 2.24) is 10.6 Å². The highest BCUT2D eigenvalue weighted by Gasteiger charge is 2.08. The standard InChI is InChI=1S/C14H18N2O4/c1-2-8-15-12(17)7-9-16-13(18)10-3-5-11(6-4-10)14(19)20/h3-6H,2,7-9H2,1H3,(H,15,17)(H,16,18)(H,19,20). The lowest BCUT2D eigenvalue weighted by atomic mass is 10.1. The van der Waals surface area contributed by atoms with E-state index in [1.54, 1.807) is 0 Å². The predicted molar refractivity (Wildman–Crippen MR) is 73.7 cm³/mol. The smallest absolute Gasteiger partial charge is 0.335 e. The minimum Gasteiger partial charge on any atom is -0.478 e. The molecule has 2 amide bonds. The monoisotopic (exact) mass is 278 g/mol. The Labute approximate surface area is 117 Å². The van der Waals surface area contributed by atoms with E-state index in [-0.39, 0.29) is 30.3 Å². The number of nitrogens with one attached hydrogen (secondary N) is 2. The summed E-state index contributed by atoms with van der Waals surface area (Å²) in [5.41, 5.74) is 0.490. The Morgan fingerprint density at radius 1 is 1.00 bits per heavy atom. The van der Waals surface area contributed by atoms with E-state index in [2.05, 4.69) is 10.6 Å². The van der Waals surface area contributed by atoms with Crippen LogP contribution in [0.3, 0.4) is 0 Å². The van der Waals surface area contributed by atoms with Crippen LogP contribution in [0.1, 0.15) is 40.5 Å². The Morgan fingerprint density at radius 2 is 1.60 bits per heavy atom. The van der Waals surface area contributed by atoms with E-state index in [1.165, 1.54) is 24.3 Å². The number of carbonyl (C=O) groups excluding carboxylic acids is 2. The summed E-state index contributed by atoms with van der Waals surface area (Å²) >= 11 is 0. The summed E-state index contributed by atoms with van der Waals surface area (Å²) in [6.07, 6.45) is 1.09. The molecule has 3 N–H and O–H groups in total. The second-order valence-electron chi connectivity index (χ2n) is 4.24. The molecule has 1 aromatic carbocycles. The van der Waals surface area contributed by atoms with Crippen molar-refractivity contribution in [3.05, 3.63) is 35.4 Å². The summed E-state index contributed by atoms with van der Waals surface area (Å²) in [7, 11) is 0. The van der Waals surface area contributed by atoms with Gasteiger partial charge >= 0.3 is 5.97 Å². The fourth-order valence-corrected chi connectivity index (χ4v) is 1.51. The molecule has 6 nitrogen and oxygen atoms in total. The number of hydrogen-bond acceptors (Lipinski definition) is 3. The van der Waals surface area contributed by atoms with E-state index in [1.807, 2.05) is 6.92 Å².